The Labute approximate surface area is 150 Å². The van der Waals surface area contributed by atoms with E-state index in [1.807, 2.05) is 6.07 Å². The van der Waals surface area contributed by atoms with Crippen molar-refractivity contribution in [1.82, 2.24) is 30.0 Å². The molecule has 3 aliphatic rings. The van der Waals surface area contributed by atoms with Crippen LogP contribution in [0, 0.1) is 5.92 Å². The summed E-state index contributed by atoms with van der Waals surface area (Å²) in [5.74, 6) is 0.962. The van der Waals surface area contributed by atoms with Crippen molar-refractivity contribution >= 4 is 16.9 Å². The molecule has 0 saturated carbocycles. The maximum atomic E-state index is 12.8. The molecule has 134 valence electrons. The number of pyridine rings is 1. The monoisotopic (exact) mass is 352 g/mol. The van der Waals surface area contributed by atoms with Gasteiger partial charge in [0.2, 0.25) is 5.88 Å². The summed E-state index contributed by atoms with van der Waals surface area (Å²) >= 11 is 0. The second-order valence-corrected chi connectivity index (χ2v) is 7.15. The first kappa shape index (κ1) is 15.5. The molecule has 3 aliphatic heterocycles. The average molecular weight is 352 g/mol. The first-order valence-electron chi connectivity index (χ1n) is 8.98. The van der Waals surface area contributed by atoms with Crippen LogP contribution in [-0.2, 0) is 0 Å². The van der Waals surface area contributed by atoms with Gasteiger partial charge in [-0.05, 0) is 38.8 Å². The molecule has 0 aliphatic carbocycles. The fraction of sp³-hybridized carbons (Fsp3) is 0.444. The van der Waals surface area contributed by atoms with Crippen molar-refractivity contribution in [3.8, 4) is 5.88 Å². The van der Waals surface area contributed by atoms with E-state index in [0.717, 1.165) is 31.3 Å². The molecule has 2 bridgehead atoms. The van der Waals surface area contributed by atoms with E-state index in [9.17, 15) is 4.79 Å². The van der Waals surface area contributed by atoms with Crippen molar-refractivity contribution in [1.29, 1.82) is 0 Å². The molecule has 26 heavy (non-hydrogen) atoms. The largest absolute Gasteiger partial charge is 0.438 e. The first-order valence-corrected chi connectivity index (χ1v) is 8.98. The van der Waals surface area contributed by atoms with E-state index in [2.05, 4.69) is 32.2 Å². The van der Waals surface area contributed by atoms with E-state index >= 15 is 0 Å². The first-order chi connectivity index (χ1) is 12.7. The zero-order valence-corrected chi connectivity index (χ0v) is 14.5. The Balaban J connectivity index is 1.39. The van der Waals surface area contributed by atoms with Crippen molar-refractivity contribution in [3.63, 3.8) is 0 Å². The number of nitrogens with zero attached hydrogens (tertiary/aromatic N) is 5. The Kier molecular flexibility index (Phi) is 3.53. The summed E-state index contributed by atoms with van der Waals surface area (Å²) in [6, 6.07) is 4.08. The third-order valence-electron chi connectivity index (χ3n) is 5.74. The standard InChI is InChI=1S/C18H20N6O2/c1-11-17(12-2-4-23(11)5-3-12)22-18(25)14-7-15-13(8-20-14)6-16(26-15)24-10-19-9-21-24/h6-12,17H,2-5H2,1H3,(H,22,25)/t11-,17-/m0/s1. The van der Waals surface area contributed by atoms with Crippen molar-refractivity contribution < 1.29 is 9.21 Å². The maximum absolute atomic E-state index is 12.8. The molecule has 8 heteroatoms. The lowest BCUT2D eigenvalue weighted by Crippen LogP contribution is -2.62. The lowest BCUT2D eigenvalue weighted by atomic mass is 9.79. The smallest absolute Gasteiger partial charge is 0.270 e. The van der Waals surface area contributed by atoms with E-state index in [1.165, 1.54) is 11.0 Å². The molecular formula is C18H20N6O2. The van der Waals surface area contributed by atoms with E-state index in [-0.39, 0.29) is 11.9 Å². The molecule has 3 saturated heterocycles. The highest BCUT2D eigenvalue weighted by molar-refractivity contribution is 5.95. The van der Waals surface area contributed by atoms with Crippen LogP contribution >= 0.6 is 0 Å². The molecule has 2 atom stereocenters. The molecule has 3 aromatic heterocycles. The molecule has 6 rings (SSSR count). The summed E-state index contributed by atoms with van der Waals surface area (Å²) in [5.41, 5.74) is 0.984. The van der Waals surface area contributed by atoms with Crippen LogP contribution in [0.5, 0.6) is 0 Å². The highest BCUT2D eigenvalue weighted by Crippen LogP contribution is 2.32. The number of aromatic nitrogens is 4. The maximum Gasteiger partial charge on any atom is 0.270 e. The minimum Gasteiger partial charge on any atom is -0.438 e. The van der Waals surface area contributed by atoms with Crippen molar-refractivity contribution in [3.05, 3.63) is 36.7 Å². The van der Waals surface area contributed by atoms with Gasteiger partial charge in [-0.2, -0.15) is 9.78 Å². The highest BCUT2D eigenvalue weighted by Gasteiger charge is 2.40. The van der Waals surface area contributed by atoms with Gasteiger partial charge in [0, 0.05) is 35.8 Å². The van der Waals surface area contributed by atoms with Crippen molar-refractivity contribution in [2.24, 2.45) is 5.92 Å². The van der Waals surface area contributed by atoms with Gasteiger partial charge in [0.15, 0.2) is 0 Å². The summed E-state index contributed by atoms with van der Waals surface area (Å²) < 4.78 is 7.33. The summed E-state index contributed by atoms with van der Waals surface area (Å²) in [6.45, 7) is 4.48. The number of furan rings is 1. The lowest BCUT2D eigenvalue weighted by molar-refractivity contribution is 0.0216. The summed E-state index contributed by atoms with van der Waals surface area (Å²) in [5, 5.41) is 8.08. The number of rotatable bonds is 3. The zero-order valence-electron chi connectivity index (χ0n) is 14.5. The Morgan fingerprint density at radius 3 is 2.88 bits per heavy atom. The second kappa shape index (κ2) is 5.91. The topological polar surface area (TPSA) is 89.1 Å². The predicted octanol–water partition coefficient (Wildman–Crippen LogP) is 1.62. The van der Waals surface area contributed by atoms with Crippen molar-refractivity contribution in [2.45, 2.75) is 31.8 Å². The number of piperidine rings is 3. The van der Waals surface area contributed by atoms with Crippen LogP contribution in [0.15, 0.2) is 35.4 Å². The quantitative estimate of drug-likeness (QED) is 0.770. The molecule has 1 N–H and O–H groups in total. The van der Waals surface area contributed by atoms with Gasteiger partial charge in [-0.3, -0.25) is 14.7 Å². The third-order valence-corrected chi connectivity index (χ3v) is 5.74. The van der Waals surface area contributed by atoms with E-state index in [1.54, 1.807) is 18.6 Å². The summed E-state index contributed by atoms with van der Waals surface area (Å²) in [6.07, 6.45) is 6.98. The Morgan fingerprint density at radius 2 is 2.15 bits per heavy atom. The molecule has 6 heterocycles. The van der Waals surface area contributed by atoms with Crippen LogP contribution in [0.4, 0.5) is 0 Å². The van der Waals surface area contributed by atoms with Crippen LogP contribution in [0.25, 0.3) is 16.9 Å². The molecule has 8 nitrogen and oxygen atoms in total. The van der Waals surface area contributed by atoms with Crippen LogP contribution in [-0.4, -0.2) is 55.7 Å². The summed E-state index contributed by atoms with van der Waals surface area (Å²) in [7, 11) is 0. The number of hydrogen-bond donors (Lipinski definition) is 1. The number of hydrogen-bond acceptors (Lipinski definition) is 6. The number of amides is 1. The molecule has 0 radical (unpaired) electrons. The van der Waals surface area contributed by atoms with Crippen LogP contribution in [0.3, 0.4) is 0 Å². The van der Waals surface area contributed by atoms with Gasteiger partial charge < -0.3 is 9.73 Å². The van der Waals surface area contributed by atoms with Gasteiger partial charge >= 0.3 is 0 Å². The van der Waals surface area contributed by atoms with Gasteiger partial charge in [-0.15, -0.1) is 0 Å². The summed E-state index contributed by atoms with van der Waals surface area (Å²) in [4.78, 5) is 23.4. The normalized spacial score (nSPS) is 27.7. The predicted molar refractivity (Wildman–Crippen MR) is 93.9 cm³/mol. The molecule has 3 aromatic rings. The van der Waals surface area contributed by atoms with Crippen molar-refractivity contribution in [2.75, 3.05) is 13.1 Å². The van der Waals surface area contributed by atoms with Crippen LogP contribution in [0.1, 0.15) is 30.3 Å². The Hall–Kier alpha value is -2.74. The number of nitrogens with one attached hydrogen (secondary N) is 1. The molecule has 0 spiro atoms. The Bertz CT molecular complexity index is 940. The fourth-order valence-corrected chi connectivity index (χ4v) is 4.25. The zero-order chi connectivity index (χ0) is 17.7. The lowest BCUT2D eigenvalue weighted by Gasteiger charge is -2.49. The number of carbonyl (C=O) groups is 1. The fourth-order valence-electron chi connectivity index (χ4n) is 4.25. The molecule has 0 unspecified atom stereocenters. The minimum atomic E-state index is -0.142. The van der Waals surface area contributed by atoms with Crippen LogP contribution < -0.4 is 5.32 Å². The number of carbonyl (C=O) groups excluding carboxylic acids is 1. The molecule has 1 amide bonds. The van der Waals surface area contributed by atoms with E-state index < -0.39 is 0 Å². The van der Waals surface area contributed by atoms with Gasteiger partial charge in [0.05, 0.1) is 0 Å². The van der Waals surface area contributed by atoms with Gasteiger partial charge in [0.25, 0.3) is 5.91 Å². The average Bonchev–Trinajstić information content (AvgIpc) is 3.33. The Morgan fingerprint density at radius 1 is 1.31 bits per heavy atom. The second-order valence-electron chi connectivity index (χ2n) is 7.15. The van der Waals surface area contributed by atoms with Gasteiger partial charge in [-0.25, -0.2) is 4.98 Å². The van der Waals surface area contributed by atoms with E-state index in [4.69, 9.17) is 4.42 Å². The third kappa shape index (κ3) is 2.48. The highest BCUT2D eigenvalue weighted by atomic mass is 16.4. The minimum absolute atomic E-state index is 0.142. The molecule has 0 aromatic carbocycles. The molecule has 3 fully saturated rings. The van der Waals surface area contributed by atoms with Crippen LogP contribution in [0.2, 0.25) is 0 Å². The molecular weight excluding hydrogens is 332 g/mol. The van der Waals surface area contributed by atoms with Gasteiger partial charge in [-0.1, -0.05) is 0 Å². The SMILES string of the molecule is C[C@H]1[C@H](NC(=O)c2cc3oc(-n4cncn4)cc3cn2)C2CCN1CC2. The van der Waals surface area contributed by atoms with Gasteiger partial charge in [0.1, 0.15) is 23.9 Å². The van der Waals surface area contributed by atoms with E-state index in [0.29, 0.717) is 29.1 Å². The number of fused-ring (bicyclic) bond motifs is 4.